The van der Waals surface area contributed by atoms with E-state index < -0.39 is 0 Å². The van der Waals surface area contributed by atoms with Crippen LogP contribution in [0.5, 0.6) is 0 Å². The summed E-state index contributed by atoms with van der Waals surface area (Å²) in [5, 5.41) is 5.25. The van der Waals surface area contributed by atoms with E-state index >= 15 is 0 Å². The van der Waals surface area contributed by atoms with Gasteiger partial charge in [-0.1, -0.05) is 110 Å². The Kier molecular flexibility index (Phi) is 10.8. The smallest absolute Gasteiger partial charge is 0.0494 e. The van der Waals surface area contributed by atoms with Gasteiger partial charge in [0.05, 0.1) is 0 Å². The van der Waals surface area contributed by atoms with Crippen LogP contribution in [0.1, 0.15) is 55.4 Å². The van der Waals surface area contributed by atoms with Crippen LogP contribution in [-0.4, -0.2) is 9.13 Å². The Hall–Kier alpha value is -3.52. The Bertz CT molecular complexity index is 1530. The van der Waals surface area contributed by atoms with Gasteiger partial charge < -0.3 is 9.13 Å². The molecule has 0 atom stereocenters. The maximum atomic E-state index is 2.33. The van der Waals surface area contributed by atoms with Crippen LogP contribution in [0.2, 0.25) is 0 Å². The zero-order valence-electron chi connectivity index (χ0n) is 24.0. The molecule has 2 nitrogen and oxygen atoms in total. The number of aryl methyl sites for hydroxylation is 2. The van der Waals surface area contributed by atoms with E-state index in [1.54, 1.807) is 0 Å². The van der Waals surface area contributed by atoms with E-state index in [9.17, 15) is 0 Å². The normalized spacial score (nSPS) is 9.94. The van der Waals surface area contributed by atoms with E-state index in [0.29, 0.717) is 0 Å². The first-order valence-electron chi connectivity index (χ1n) is 13.7. The van der Waals surface area contributed by atoms with E-state index in [1.165, 1.54) is 54.7 Å². The van der Waals surface area contributed by atoms with Gasteiger partial charge in [0.15, 0.2) is 0 Å². The summed E-state index contributed by atoms with van der Waals surface area (Å²) in [5.41, 5.74) is 7.62. The molecule has 190 valence electrons. The Balaban J connectivity index is 0.000000523. The zero-order chi connectivity index (χ0) is 26.8. The number of benzene rings is 4. The molecule has 0 bridgehead atoms. The molecule has 0 unspecified atom stereocenters. The summed E-state index contributed by atoms with van der Waals surface area (Å²) in [6.45, 7) is 16.0. The number of hydrogen-bond donors (Lipinski definition) is 0. The molecule has 0 saturated carbocycles. The van der Waals surface area contributed by atoms with Crippen molar-refractivity contribution in [2.45, 2.75) is 55.4 Å². The second-order valence-corrected chi connectivity index (χ2v) is 7.62. The molecule has 4 aromatic carbocycles. The summed E-state index contributed by atoms with van der Waals surface area (Å²) < 4.78 is 4.58. The van der Waals surface area contributed by atoms with Gasteiger partial charge in [-0.25, -0.2) is 0 Å². The third kappa shape index (κ3) is 5.04. The summed E-state index contributed by atoms with van der Waals surface area (Å²) in [5.74, 6) is 0. The summed E-state index contributed by atoms with van der Waals surface area (Å²) >= 11 is 0. The molecule has 2 heteroatoms. The second kappa shape index (κ2) is 13.5. The highest BCUT2D eigenvalue weighted by Crippen LogP contribution is 2.35. The maximum Gasteiger partial charge on any atom is 0.0494 e. The molecule has 0 radical (unpaired) electrons. The average molecular weight is 481 g/mol. The topological polar surface area (TPSA) is 9.86 Å². The molecule has 0 fully saturated rings. The third-order valence-corrected chi connectivity index (χ3v) is 6.16. The van der Waals surface area contributed by atoms with Gasteiger partial charge in [0.25, 0.3) is 0 Å². The van der Waals surface area contributed by atoms with E-state index in [1.807, 2.05) is 55.4 Å². The van der Waals surface area contributed by atoms with Crippen molar-refractivity contribution in [1.29, 1.82) is 0 Å². The highest BCUT2D eigenvalue weighted by molar-refractivity contribution is 6.11. The monoisotopic (exact) mass is 480 g/mol. The molecule has 36 heavy (non-hydrogen) atoms. The number of fused-ring (bicyclic) bond motifs is 6. The first kappa shape index (κ1) is 28.7. The third-order valence-electron chi connectivity index (χ3n) is 6.16. The number of nitrogens with zero attached hydrogens (tertiary/aromatic N) is 2. The minimum Gasteiger partial charge on any atom is -0.344 e. The summed E-state index contributed by atoms with van der Waals surface area (Å²) in [6.07, 6.45) is 0. The minimum absolute atomic E-state index is 1.26. The van der Waals surface area contributed by atoms with Crippen LogP contribution < -0.4 is 0 Å². The molecular formula is C34H44N2. The highest BCUT2D eigenvalue weighted by atomic mass is 14.9. The molecule has 2 heterocycles. The Morgan fingerprint density at radius 2 is 0.750 bits per heavy atom. The van der Waals surface area contributed by atoms with Crippen LogP contribution in [0.3, 0.4) is 0 Å². The minimum atomic E-state index is 1.26. The molecule has 6 aromatic rings. The lowest BCUT2D eigenvalue weighted by molar-refractivity contribution is 1.01. The zero-order valence-corrected chi connectivity index (χ0v) is 24.0. The summed E-state index contributed by atoms with van der Waals surface area (Å²) in [6, 6.07) is 30.9. The van der Waals surface area contributed by atoms with E-state index in [2.05, 4.69) is 108 Å². The molecule has 0 spiro atoms. The molecule has 0 saturated heterocycles. The molecule has 0 N–H and O–H groups in total. The number of rotatable bonds is 1. The highest BCUT2D eigenvalue weighted by Gasteiger charge is 2.11. The van der Waals surface area contributed by atoms with Crippen LogP contribution in [-0.2, 0) is 14.1 Å². The van der Waals surface area contributed by atoms with Crippen molar-refractivity contribution < 1.29 is 0 Å². The van der Waals surface area contributed by atoms with Gasteiger partial charge in [-0.3, -0.25) is 0 Å². The van der Waals surface area contributed by atoms with Crippen molar-refractivity contribution in [3.8, 4) is 11.1 Å². The van der Waals surface area contributed by atoms with Crippen LogP contribution in [0, 0.1) is 0 Å². The SMILES string of the molecule is CC.CC.CC.CC.Cn1c2ccccc2c2cc(-c3ccc4c5ccccc5n(C)c4c3)ccc21. The molecule has 0 aliphatic heterocycles. The fraction of sp³-hybridized carbons (Fsp3) is 0.294. The lowest BCUT2D eigenvalue weighted by Gasteiger charge is -2.05. The Labute approximate surface area is 218 Å². The van der Waals surface area contributed by atoms with Gasteiger partial charge in [-0.05, 0) is 41.5 Å². The van der Waals surface area contributed by atoms with Crippen molar-refractivity contribution in [2.75, 3.05) is 0 Å². The van der Waals surface area contributed by atoms with Crippen LogP contribution in [0.4, 0.5) is 0 Å². The van der Waals surface area contributed by atoms with Gasteiger partial charge in [0.1, 0.15) is 0 Å². The molecule has 2 aromatic heterocycles. The van der Waals surface area contributed by atoms with E-state index in [4.69, 9.17) is 0 Å². The second-order valence-electron chi connectivity index (χ2n) is 7.62. The van der Waals surface area contributed by atoms with Crippen molar-refractivity contribution in [3.63, 3.8) is 0 Å². The standard InChI is InChI=1S/C26H20N2.4C2H6/c1-27-24-10-6-4-8-20(24)22-15-17(12-14-25(22)27)18-11-13-21-19-7-3-5-9-23(19)28(2)26(21)16-18;4*1-2/h3-16H,1-2H3;4*1-2H3. The van der Waals surface area contributed by atoms with Crippen molar-refractivity contribution in [2.24, 2.45) is 14.1 Å². The molecule has 0 amide bonds. The van der Waals surface area contributed by atoms with Crippen molar-refractivity contribution in [1.82, 2.24) is 9.13 Å². The Morgan fingerprint density at radius 3 is 1.33 bits per heavy atom. The van der Waals surface area contributed by atoms with Crippen LogP contribution in [0.15, 0.2) is 84.9 Å². The average Bonchev–Trinajstić information content (AvgIpc) is 3.44. The van der Waals surface area contributed by atoms with Crippen LogP contribution in [0.25, 0.3) is 54.7 Å². The predicted octanol–water partition coefficient (Wildman–Crippen LogP) is 10.7. The van der Waals surface area contributed by atoms with Gasteiger partial charge in [0, 0.05) is 57.7 Å². The van der Waals surface area contributed by atoms with E-state index in [0.717, 1.165) is 0 Å². The summed E-state index contributed by atoms with van der Waals surface area (Å²) in [4.78, 5) is 0. The first-order chi connectivity index (χ1) is 17.7. The number of para-hydroxylation sites is 2. The maximum absolute atomic E-state index is 2.33. The first-order valence-corrected chi connectivity index (χ1v) is 13.7. The molecular weight excluding hydrogens is 436 g/mol. The van der Waals surface area contributed by atoms with Gasteiger partial charge >= 0.3 is 0 Å². The lowest BCUT2D eigenvalue weighted by atomic mass is 10.0. The van der Waals surface area contributed by atoms with Crippen molar-refractivity contribution in [3.05, 3.63) is 84.9 Å². The molecule has 0 aliphatic rings. The fourth-order valence-electron chi connectivity index (χ4n) is 4.69. The summed E-state index contributed by atoms with van der Waals surface area (Å²) in [7, 11) is 4.30. The Morgan fingerprint density at radius 1 is 0.361 bits per heavy atom. The van der Waals surface area contributed by atoms with Gasteiger partial charge in [-0.15, -0.1) is 0 Å². The van der Waals surface area contributed by atoms with Gasteiger partial charge in [-0.2, -0.15) is 0 Å². The quantitative estimate of drug-likeness (QED) is 0.221. The predicted molar refractivity (Wildman–Crippen MR) is 165 cm³/mol. The molecule has 6 rings (SSSR count). The number of hydrogen-bond acceptors (Lipinski definition) is 0. The van der Waals surface area contributed by atoms with E-state index in [-0.39, 0.29) is 0 Å². The fourth-order valence-corrected chi connectivity index (χ4v) is 4.69. The lowest BCUT2D eigenvalue weighted by Crippen LogP contribution is -1.87. The van der Waals surface area contributed by atoms with Crippen LogP contribution >= 0.6 is 0 Å². The molecule has 0 aliphatic carbocycles. The van der Waals surface area contributed by atoms with Crippen molar-refractivity contribution >= 4 is 43.6 Å². The largest absolute Gasteiger partial charge is 0.344 e. The van der Waals surface area contributed by atoms with Gasteiger partial charge in [0.2, 0.25) is 0 Å². The number of aromatic nitrogens is 2.